The smallest absolute Gasteiger partial charge is 0.123 e. The quantitative estimate of drug-likeness (QED) is 0.862. The summed E-state index contributed by atoms with van der Waals surface area (Å²) in [6.45, 7) is 1.67. The Hall–Kier alpha value is -1.81. The average Bonchev–Trinajstić information content (AvgIpc) is 3.13. The summed E-state index contributed by atoms with van der Waals surface area (Å²) in [7, 11) is 1.71. The Morgan fingerprint density at radius 1 is 1.42 bits per heavy atom. The van der Waals surface area contributed by atoms with Crippen LogP contribution in [-0.2, 0) is 13.1 Å². The van der Waals surface area contributed by atoms with Crippen LogP contribution in [-0.4, -0.2) is 22.9 Å². The minimum atomic E-state index is 0.733. The fourth-order valence-electron chi connectivity index (χ4n) is 2.18. The summed E-state index contributed by atoms with van der Waals surface area (Å²) in [6.07, 6.45) is 6.39. The van der Waals surface area contributed by atoms with E-state index in [1.54, 1.807) is 13.3 Å². The van der Waals surface area contributed by atoms with E-state index in [1.807, 2.05) is 23.0 Å². The zero-order valence-electron chi connectivity index (χ0n) is 11.2. The summed E-state index contributed by atoms with van der Waals surface area (Å²) < 4.78 is 7.34. The minimum absolute atomic E-state index is 0.733. The molecule has 100 valence electrons. The molecule has 0 spiro atoms. The molecule has 1 aromatic heterocycles. The topological polar surface area (TPSA) is 39.1 Å². The molecule has 0 saturated heterocycles. The molecular formula is C15H19N3O. The Labute approximate surface area is 113 Å². The van der Waals surface area contributed by atoms with Gasteiger partial charge >= 0.3 is 0 Å². The Kier molecular flexibility index (Phi) is 3.51. The van der Waals surface area contributed by atoms with Gasteiger partial charge in [0.2, 0.25) is 0 Å². The molecule has 0 unspecified atom stereocenters. The van der Waals surface area contributed by atoms with E-state index in [9.17, 15) is 0 Å². The Morgan fingerprint density at radius 2 is 2.32 bits per heavy atom. The molecule has 0 aliphatic heterocycles. The summed E-state index contributed by atoms with van der Waals surface area (Å²) >= 11 is 0. The summed E-state index contributed by atoms with van der Waals surface area (Å²) in [4.78, 5) is 0. The molecule has 19 heavy (non-hydrogen) atoms. The van der Waals surface area contributed by atoms with Crippen molar-refractivity contribution >= 4 is 0 Å². The van der Waals surface area contributed by atoms with Gasteiger partial charge in [0.25, 0.3) is 0 Å². The van der Waals surface area contributed by atoms with Crippen molar-refractivity contribution in [2.75, 3.05) is 7.11 Å². The van der Waals surface area contributed by atoms with E-state index in [1.165, 1.54) is 24.0 Å². The highest BCUT2D eigenvalue weighted by atomic mass is 16.5. The lowest BCUT2D eigenvalue weighted by Crippen LogP contribution is -2.15. The molecule has 3 rings (SSSR count). The number of nitrogens with one attached hydrogen (secondary N) is 1. The maximum Gasteiger partial charge on any atom is 0.123 e. The van der Waals surface area contributed by atoms with E-state index in [0.717, 1.165) is 24.9 Å². The lowest BCUT2D eigenvalue weighted by molar-refractivity contribution is 0.407. The third-order valence-electron chi connectivity index (χ3n) is 3.41. The van der Waals surface area contributed by atoms with Gasteiger partial charge in [0, 0.05) is 30.5 Å². The van der Waals surface area contributed by atoms with Gasteiger partial charge in [0.05, 0.1) is 13.7 Å². The predicted octanol–water partition coefficient (Wildman–Crippen LogP) is 2.19. The average molecular weight is 257 g/mol. The number of benzene rings is 1. The molecule has 1 aliphatic carbocycles. The van der Waals surface area contributed by atoms with Crippen LogP contribution in [0.2, 0.25) is 0 Å². The first kappa shape index (κ1) is 12.2. The largest absolute Gasteiger partial charge is 0.496 e. The van der Waals surface area contributed by atoms with Crippen LogP contribution in [0.5, 0.6) is 5.75 Å². The standard InChI is InChI=1S/C15H19N3O/c1-19-15-6-3-12(10-16-14-4-5-14)9-13(15)11-18-8-2-7-17-18/h2-3,6-9,14,16H,4-5,10-11H2,1H3. The Balaban J connectivity index is 1.75. The first-order chi connectivity index (χ1) is 9.35. The van der Waals surface area contributed by atoms with Gasteiger partial charge in [-0.1, -0.05) is 6.07 Å². The van der Waals surface area contributed by atoms with Crippen LogP contribution in [0.3, 0.4) is 0 Å². The van der Waals surface area contributed by atoms with Gasteiger partial charge in [-0.15, -0.1) is 0 Å². The molecule has 1 aromatic carbocycles. The van der Waals surface area contributed by atoms with Gasteiger partial charge < -0.3 is 10.1 Å². The second-order valence-corrected chi connectivity index (χ2v) is 5.01. The van der Waals surface area contributed by atoms with E-state index < -0.39 is 0 Å². The molecule has 1 heterocycles. The molecule has 1 saturated carbocycles. The zero-order valence-corrected chi connectivity index (χ0v) is 11.2. The molecule has 4 nitrogen and oxygen atoms in total. The van der Waals surface area contributed by atoms with E-state index >= 15 is 0 Å². The van der Waals surface area contributed by atoms with Crippen molar-refractivity contribution in [3.63, 3.8) is 0 Å². The second-order valence-electron chi connectivity index (χ2n) is 5.01. The number of hydrogen-bond donors (Lipinski definition) is 1. The first-order valence-corrected chi connectivity index (χ1v) is 6.72. The maximum absolute atomic E-state index is 5.43. The number of methoxy groups -OCH3 is 1. The lowest BCUT2D eigenvalue weighted by atomic mass is 10.1. The van der Waals surface area contributed by atoms with E-state index in [4.69, 9.17) is 4.74 Å². The van der Waals surface area contributed by atoms with Crippen LogP contribution in [0, 0.1) is 0 Å². The van der Waals surface area contributed by atoms with E-state index in [2.05, 4.69) is 22.5 Å². The lowest BCUT2D eigenvalue weighted by Gasteiger charge is -2.11. The monoisotopic (exact) mass is 257 g/mol. The summed E-state index contributed by atoms with van der Waals surface area (Å²) in [5.74, 6) is 0.922. The number of rotatable bonds is 6. The minimum Gasteiger partial charge on any atom is -0.496 e. The predicted molar refractivity (Wildman–Crippen MR) is 74.2 cm³/mol. The van der Waals surface area contributed by atoms with Crippen LogP contribution >= 0.6 is 0 Å². The van der Waals surface area contributed by atoms with Crippen LogP contribution < -0.4 is 10.1 Å². The highest BCUT2D eigenvalue weighted by Crippen LogP contribution is 2.23. The molecule has 0 amide bonds. The molecule has 1 N–H and O–H groups in total. The van der Waals surface area contributed by atoms with Gasteiger partial charge in [-0.05, 0) is 36.6 Å². The molecular weight excluding hydrogens is 238 g/mol. The molecule has 1 fully saturated rings. The van der Waals surface area contributed by atoms with Gasteiger partial charge in [-0.25, -0.2) is 0 Å². The van der Waals surface area contributed by atoms with Crippen LogP contribution in [0.25, 0.3) is 0 Å². The molecule has 0 bridgehead atoms. The van der Waals surface area contributed by atoms with Gasteiger partial charge in [-0.2, -0.15) is 5.10 Å². The number of nitrogens with zero attached hydrogens (tertiary/aromatic N) is 2. The fourth-order valence-corrected chi connectivity index (χ4v) is 2.18. The summed E-state index contributed by atoms with van der Waals surface area (Å²) in [6, 6.07) is 9.04. The summed E-state index contributed by atoms with van der Waals surface area (Å²) in [5, 5.41) is 7.78. The molecule has 2 aromatic rings. The third-order valence-corrected chi connectivity index (χ3v) is 3.41. The maximum atomic E-state index is 5.43. The third kappa shape index (κ3) is 3.15. The Bertz CT molecular complexity index is 532. The van der Waals surface area contributed by atoms with Crippen LogP contribution in [0.15, 0.2) is 36.7 Å². The van der Waals surface area contributed by atoms with E-state index in [0.29, 0.717) is 0 Å². The molecule has 1 aliphatic rings. The SMILES string of the molecule is COc1ccc(CNC2CC2)cc1Cn1cccn1. The van der Waals surface area contributed by atoms with Crippen molar-refractivity contribution in [1.29, 1.82) is 0 Å². The first-order valence-electron chi connectivity index (χ1n) is 6.72. The number of aromatic nitrogens is 2. The Morgan fingerprint density at radius 3 is 3.00 bits per heavy atom. The molecule has 4 heteroatoms. The summed E-state index contributed by atoms with van der Waals surface area (Å²) in [5.41, 5.74) is 2.47. The van der Waals surface area contributed by atoms with Crippen molar-refractivity contribution in [3.05, 3.63) is 47.8 Å². The van der Waals surface area contributed by atoms with Crippen molar-refractivity contribution < 1.29 is 4.74 Å². The number of hydrogen-bond acceptors (Lipinski definition) is 3. The van der Waals surface area contributed by atoms with Crippen LogP contribution in [0.4, 0.5) is 0 Å². The van der Waals surface area contributed by atoms with E-state index in [-0.39, 0.29) is 0 Å². The highest BCUT2D eigenvalue weighted by molar-refractivity contribution is 5.37. The van der Waals surface area contributed by atoms with Gasteiger partial charge in [0.15, 0.2) is 0 Å². The zero-order chi connectivity index (χ0) is 13.1. The molecule has 0 atom stereocenters. The van der Waals surface area contributed by atoms with Gasteiger partial charge in [0.1, 0.15) is 5.75 Å². The van der Waals surface area contributed by atoms with Crippen molar-refractivity contribution in [2.24, 2.45) is 0 Å². The highest BCUT2D eigenvalue weighted by Gasteiger charge is 2.20. The normalized spacial score (nSPS) is 14.6. The second kappa shape index (κ2) is 5.45. The van der Waals surface area contributed by atoms with Crippen molar-refractivity contribution in [1.82, 2.24) is 15.1 Å². The van der Waals surface area contributed by atoms with Gasteiger partial charge in [-0.3, -0.25) is 4.68 Å². The van der Waals surface area contributed by atoms with Crippen molar-refractivity contribution in [2.45, 2.75) is 32.0 Å². The fraction of sp³-hybridized carbons (Fsp3) is 0.400. The van der Waals surface area contributed by atoms with Crippen LogP contribution in [0.1, 0.15) is 24.0 Å². The molecule has 0 radical (unpaired) electrons. The number of ether oxygens (including phenoxy) is 1. The van der Waals surface area contributed by atoms with Crippen molar-refractivity contribution in [3.8, 4) is 5.75 Å².